The van der Waals surface area contributed by atoms with Crippen LogP contribution in [0, 0.1) is 0 Å². The molecule has 0 aromatic heterocycles. The maximum atomic E-state index is 2.47. The van der Waals surface area contributed by atoms with Crippen molar-refractivity contribution in [3.05, 3.63) is 0 Å². The summed E-state index contributed by atoms with van der Waals surface area (Å²) >= 11 is 0. The van der Waals surface area contributed by atoms with Gasteiger partial charge >= 0.3 is 0 Å². The van der Waals surface area contributed by atoms with E-state index in [0.29, 0.717) is 0 Å². The van der Waals surface area contributed by atoms with Crippen LogP contribution < -0.4 is 0 Å². The van der Waals surface area contributed by atoms with Gasteiger partial charge in [0.05, 0.1) is 0 Å². The summed E-state index contributed by atoms with van der Waals surface area (Å²) in [7, 11) is 13.1. The normalized spacial score (nSPS) is 12.3. The van der Waals surface area contributed by atoms with Crippen LogP contribution in [0.4, 0.5) is 0 Å². The van der Waals surface area contributed by atoms with Gasteiger partial charge in [0.25, 0.3) is 0 Å². The molecule has 0 bridgehead atoms. The lowest BCUT2D eigenvalue weighted by molar-refractivity contribution is 0.271. The van der Waals surface area contributed by atoms with Gasteiger partial charge in [-0.3, -0.25) is 0 Å². The van der Waals surface area contributed by atoms with E-state index in [1.54, 1.807) is 0 Å². The van der Waals surface area contributed by atoms with Crippen LogP contribution in [0.1, 0.15) is 25.7 Å². The molecule has 0 saturated heterocycles. The van der Waals surface area contributed by atoms with E-state index in [4.69, 9.17) is 0 Å². The summed E-state index contributed by atoms with van der Waals surface area (Å²) in [5.74, 6) is 0. The van der Waals surface area contributed by atoms with Crippen LogP contribution in [0.5, 0.6) is 0 Å². The molecular formula is C16H38N4. The van der Waals surface area contributed by atoms with Crippen LogP contribution in [0.15, 0.2) is 0 Å². The second kappa shape index (κ2) is 12.6. The average Bonchev–Trinajstić information content (AvgIpc) is 2.33. The van der Waals surface area contributed by atoms with Gasteiger partial charge < -0.3 is 19.6 Å². The molecule has 4 nitrogen and oxygen atoms in total. The van der Waals surface area contributed by atoms with Gasteiger partial charge in [-0.25, -0.2) is 0 Å². The van der Waals surface area contributed by atoms with Crippen LogP contribution in [-0.4, -0.2) is 101 Å². The fourth-order valence-corrected chi connectivity index (χ4v) is 2.30. The smallest absolute Gasteiger partial charge is 0.000960 e. The lowest BCUT2D eigenvalue weighted by Gasteiger charge is -2.20. The van der Waals surface area contributed by atoms with E-state index in [-0.39, 0.29) is 0 Å². The van der Waals surface area contributed by atoms with E-state index >= 15 is 0 Å². The van der Waals surface area contributed by atoms with E-state index in [9.17, 15) is 0 Å². The number of hydrogen-bond acceptors (Lipinski definition) is 4. The van der Waals surface area contributed by atoms with Crippen molar-refractivity contribution in [3.63, 3.8) is 0 Å². The van der Waals surface area contributed by atoms with Crippen molar-refractivity contribution in [1.29, 1.82) is 0 Å². The molecule has 0 rings (SSSR count). The van der Waals surface area contributed by atoms with Crippen molar-refractivity contribution >= 4 is 0 Å². The second-order valence-electron chi connectivity index (χ2n) is 6.63. The molecule has 0 unspecified atom stereocenters. The first kappa shape index (κ1) is 19.8. The standard InChI is InChI=1S/C16H38N4/c1-17(2)11-9-15-19(5)13-7-8-14-20(6)16-10-12-18(3)4/h7-16H2,1-6H3. The predicted molar refractivity (Wildman–Crippen MR) is 90.6 cm³/mol. The molecule has 0 aromatic carbocycles. The molecule has 0 amide bonds. The fraction of sp³-hybridized carbons (Fsp3) is 1.00. The summed E-state index contributed by atoms with van der Waals surface area (Å²) in [6, 6.07) is 0. The molecule has 0 aromatic rings. The molecule has 0 aliphatic rings. The third-order valence-electron chi connectivity index (χ3n) is 3.62. The zero-order chi connectivity index (χ0) is 15.4. The molecular weight excluding hydrogens is 248 g/mol. The van der Waals surface area contributed by atoms with Gasteiger partial charge in [-0.05, 0) is 107 Å². The second-order valence-corrected chi connectivity index (χ2v) is 6.63. The van der Waals surface area contributed by atoms with Crippen molar-refractivity contribution < 1.29 is 0 Å². The Morgan fingerprint density at radius 1 is 0.400 bits per heavy atom. The number of hydrogen-bond donors (Lipinski definition) is 0. The SMILES string of the molecule is CN(C)CCCN(C)CCCCN(C)CCCN(C)C. The first-order chi connectivity index (χ1) is 9.41. The largest absolute Gasteiger partial charge is 0.309 e. The van der Waals surface area contributed by atoms with E-state index in [1.165, 1.54) is 65.0 Å². The van der Waals surface area contributed by atoms with Crippen molar-refractivity contribution in [1.82, 2.24) is 19.6 Å². The van der Waals surface area contributed by atoms with Crippen molar-refractivity contribution in [3.8, 4) is 0 Å². The van der Waals surface area contributed by atoms with E-state index < -0.39 is 0 Å². The van der Waals surface area contributed by atoms with Crippen molar-refractivity contribution in [2.75, 3.05) is 81.6 Å². The van der Waals surface area contributed by atoms with Gasteiger partial charge in [0.15, 0.2) is 0 Å². The minimum absolute atomic E-state index is 1.19. The molecule has 122 valence electrons. The van der Waals surface area contributed by atoms with Gasteiger partial charge in [-0.2, -0.15) is 0 Å². The molecule has 0 aliphatic heterocycles. The highest BCUT2D eigenvalue weighted by Crippen LogP contribution is 1.98. The Bertz CT molecular complexity index is 185. The van der Waals surface area contributed by atoms with Crippen molar-refractivity contribution in [2.45, 2.75) is 25.7 Å². The third-order valence-corrected chi connectivity index (χ3v) is 3.62. The Morgan fingerprint density at radius 2 is 0.700 bits per heavy atom. The van der Waals surface area contributed by atoms with Crippen LogP contribution >= 0.6 is 0 Å². The highest BCUT2D eigenvalue weighted by atomic mass is 15.1. The van der Waals surface area contributed by atoms with Crippen LogP contribution in [-0.2, 0) is 0 Å². The first-order valence-corrected chi connectivity index (χ1v) is 8.08. The average molecular weight is 287 g/mol. The molecule has 0 spiro atoms. The number of nitrogens with zero attached hydrogens (tertiary/aromatic N) is 4. The highest BCUT2D eigenvalue weighted by molar-refractivity contribution is 4.58. The molecule has 20 heavy (non-hydrogen) atoms. The van der Waals surface area contributed by atoms with Gasteiger partial charge in [0.2, 0.25) is 0 Å². The summed E-state index contributed by atoms with van der Waals surface area (Å²) in [5.41, 5.74) is 0. The number of unbranched alkanes of at least 4 members (excludes halogenated alkanes) is 1. The molecule has 0 saturated carbocycles. The lowest BCUT2D eigenvalue weighted by atomic mass is 10.2. The quantitative estimate of drug-likeness (QED) is 0.476. The van der Waals surface area contributed by atoms with E-state index in [0.717, 1.165) is 0 Å². The first-order valence-electron chi connectivity index (χ1n) is 8.08. The van der Waals surface area contributed by atoms with Crippen LogP contribution in [0.2, 0.25) is 0 Å². The summed E-state index contributed by atoms with van der Waals surface area (Å²) in [5, 5.41) is 0. The summed E-state index contributed by atoms with van der Waals surface area (Å²) in [6.07, 6.45) is 5.18. The minimum Gasteiger partial charge on any atom is -0.309 e. The Kier molecular flexibility index (Phi) is 12.5. The highest BCUT2D eigenvalue weighted by Gasteiger charge is 2.01. The van der Waals surface area contributed by atoms with Crippen LogP contribution in [0.25, 0.3) is 0 Å². The van der Waals surface area contributed by atoms with Gasteiger partial charge in [0.1, 0.15) is 0 Å². The maximum absolute atomic E-state index is 2.47. The Balaban J connectivity index is 3.36. The van der Waals surface area contributed by atoms with Gasteiger partial charge in [-0.15, -0.1) is 0 Å². The minimum atomic E-state index is 1.19. The molecule has 0 aliphatic carbocycles. The monoisotopic (exact) mass is 286 g/mol. The van der Waals surface area contributed by atoms with E-state index in [2.05, 4.69) is 61.9 Å². The molecule has 0 atom stereocenters. The Morgan fingerprint density at radius 3 is 1.00 bits per heavy atom. The maximum Gasteiger partial charge on any atom is -0.000960 e. The van der Waals surface area contributed by atoms with Crippen molar-refractivity contribution in [2.24, 2.45) is 0 Å². The summed E-state index contributed by atoms with van der Waals surface area (Å²) in [6.45, 7) is 7.30. The number of rotatable bonds is 13. The molecule has 0 radical (unpaired) electrons. The molecule has 0 fully saturated rings. The molecule has 0 heterocycles. The van der Waals surface area contributed by atoms with Gasteiger partial charge in [0, 0.05) is 0 Å². The van der Waals surface area contributed by atoms with E-state index in [1.807, 2.05) is 0 Å². The zero-order valence-electron chi connectivity index (χ0n) is 14.9. The summed E-state index contributed by atoms with van der Waals surface area (Å²) < 4.78 is 0. The van der Waals surface area contributed by atoms with Gasteiger partial charge in [-0.1, -0.05) is 0 Å². The third kappa shape index (κ3) is 14.3. The molecule has 0 N–H and O–H groups in total. The fourth-order valence-electron chi connectivity index (χ4n) is 2.30. The topological polar surface area (TPSA) is 13.0 Å². The molecule has 4 heteroatoms. The Labute approximate surface area is 127 Å². The Hall–Kier alpha value is -0.160. The summed E-state index contributed by atoms with van der Waals surface area (Å²) in [4.78, 5) is 9.46. The zero-order valence-corrected chi connectivity index (χ0v) is 14.9. The van der Waals surface area contributed by atoms with Crippen LogP contribution in [0.3, 0.4) is 0 Å². The lowest BCUT2D eigenvalue weighted by Crippen LogP contribution is -2.27. The predicted octanol–water partition coefficient (Wildman–Crippen LogP) is 1.53.